The minimum atomic E-state index is -0.675. The monoisotopic (exact) mass is 436 g/mol. The molecule has 0 spiro atoms. The summed E-state index contributed by atoms with van der Waals surface area (Å²) in [5, 5.41) is 11.0. The molecule has 158 valence electrons. The second-order valence-corrected chi connectivity index (χ2v) is 8.31. The number of aldehydes is 1. The Kier molecular flexibility index (Phi) is 5.08. The smallest absolute Gasteiger partial charge is 0.250 e. The predicted molar refractivity (Wildman–Crippen MR) is 117 cm³/mol. The number of likely N-dealkylation sites (tertiary alicyclic amines) is 1. The van der Waals surface area contributed by atoms with E-state index in [9.17, 15) is 14.7 Å². The molecule has 0 bridgehead atoms. The van der Waals surface area contributed by atoms with E-state index in [4.69, 9.17) is 11.6 Å². The van der Waals surface area contributed by atoms with Crippen LogP contribution in [0.25, 0.3) is 11.0 Å². The number of carbonyl (C=O) groups is 2. The summed E-state index contributed by atoms with van der Waals surface area (Å²) >= 11 is 6.05. The van der Waals surface area contributed by atoms with Crippen LogP contribution < -0.4 is 4.90 Å². The highest BCUT2D eigenvalue weighted by molar-refractivity contribution is 6.29. The van der Waals surface area contributed by atoms with E-state index in [1.165, 1.54) is 0 Å². The Balaban J connectivity index is 1.61. The summed E-state index contributed by atoms with van der Waals surface area (Å²) < 4.78 is 0. The van der Waals surface area contributed by atoms with Gasteiger partial charge >= 0.3 is 0 Å². The Morgan fingerprint density at radius 3 is 2.48 bits per heavy atom. The van der Waals surface area contributed by atoms with Gasteiger partial charge in [0.05, 0.1) is 6.10 Å². The maximum Gasteiger partial charge on any atom is 0.250 e. The number of rotatable bonds is 3. The number of amides is 1. The number of benzene rings is 1. The van der Waals surface area contributed by atoms with Crippen molar-refractivity contribution in [1.82, 2.24) is 14.9 Å². The Labute approximate surface area is 184 Å². The Bertz CT molecular complexity index is 1160. The largest absolute Gasteiger partial charge is 0.393 e. The summed E-state index contributed by atoms with van der Waals surface area (Å²) in [6.45, 7) is 0.973. The molecule has 2 aliphatic heterocycles. The van der Waals surface area contributed by atoms with Gasteiger partial charge in [-0.1, -0.05) is 35.9 Å². The molecule has 2 aliphatic rings. The molecule has 2 atom stereocenters. The molecule has 1 amide bonds. The molecule has 0 radical (unpaired) electrons. The van der Waals surface area contributed by atoms with Crippen LogP contribution >= 0.6 is 11.6 Å². The van der Waals surface area contributed by atoms with Crippen LogP contribution in [-0.2, 0) is 9.59 Å². The van der Waals surface area contributed by atoms with Gasteiger partial charge in [-0.05, 0) is 48.2 Å². The van der Waals surface area contributed by atoms with Crippen molar-refractivity contribution in [3.05, 3.63) is 64.8 Å². The minimum absolute atomic E-state index is 0.0929. The number of fused-ring (bicyclic) bond motifs is 2. The van der Waals surface area contributed by atoms with Crippen molar-refractivity contribution in [3.63, 3.8) is 0 Å². The first-order valence-corrected chi connectivity index (χ1v) is 10.7. The van der Waals surface area contributed by atoms with Gasteiger partial charge in [0.1, 0.15) is 29.3 Å². The molecule has 31 heavy (non-hydrogen) atoms. The van der Waals surface area contributed by atoms with E-state index in [0.29, 0.717) is 42.5 Å². The van der Waals surface area contributed by atoms with Crippen molar-refractivity contribution in [2.75, 3.05) is 18.0 Å². The van der Waals surface area contributed by atoms with Gasteiger partial charge in [0, 0.05) is 18.5 Å². The van der Waals surface area contributed by atoms with E-state index in [0.717, 1.165) is 22.8 Å². The highest BCUT2D eigenvalue weighted by atomic mass is 35.5. The molecule has 5 rings (SSSR count). The van der Waals surface area contributed by atoms with Gasteiger partial charge in [-0.3, -0.25) is 4.79 Å². The van der Waals surface area contributed by atoms with Gasteiger partial charge in [-0.2, -0.15) is 0 Å². The van der Waals surface area contributed by atoms with Crippen LogP contribution in [0.3, 0.4) is 0 Å². The number of carbonyl (C=O) groups excluding carboxylic acids is 2. The maximum absolute atomic E-state index is 13.7. The van der Waals surface area contributed by atoms with Crippen LogP contribution in [0.4, 0.5) is 5.82 Å². The standard InChI is InChI=1S/C23H21ClN4O3/c24-19-7-5-14-6-8-20(26-22(14)25-19)28-18(13-29)16-3-1-2-4-17(16)21(28)23(31)27-11-9-15(30)10-12-27/h1-8,13,15,18,21,30H,9-12H2/t18?,21-/m0/s1. The summed E-state index contributed by atoms with van der Waals surface area (Å²) in [6.07, 6.45) is 1.57. The van der Waals surface area contributed by atoms with E-state index >= 15 is 0 Å². The first-order chi connectivity index (χ1) is 15.1. The quantitative estimate of drug-likeness (QED) is 0.501. The number of piperidine rings is 1. The fourth-order valence-electron chi connectivity index (χ4n) is 4.52. The molecule has 3 aromatic rings. The number of anilines is 1. The zero-order valence-electron chi connectivity index (χ0n) is 16.7. The fraction of sp³-hybridized carbons (Fsp3) is 0.304. The molecular weight excluding hydrogens is 416 g/mol. The first kappa shape index (κ1) is 19.9. The summed E-state index contributed by atoms with van der Waals surface area (Å²) in [7, 11) is 0. The van der Waals surface area contributed by atoms with E-state index in [-0.39, 0.29) is 12.0 Å². The number of aromatic nitrogens is 2. The van der Waals surface area contributed by atoms with Gasteiger partial charge in [-0.15, -0.1) is 0 Å². The predicted octanol–water partition coefficient (Wildman–Crippen LogP) is 3.07. The average molecular weight is 437 g/mol. The van der Waals surface area contributed by atoms with E-state index in [2.05, 4.69) is 9.97 Å². The van der Waals surface area contributed by atoms with E-state index in [1.807, 2.05) is 36.4 Å². The number of aliphatic hydroxyl groups excluding tert-OH is 1. The van der Waals surface area contributed by atoms with Gasteiger partial charge < -0.3 is 19.7 Å². The molecular formula is C23H21ClN4O3. The number of aliphatic hydroxyl groups is 1. The fourth-order valence-corrected chi connectivity index (χ4v) is 4.67. The highest BCUT2D eigenvalue weighted by Crippen LogP contribution is 2.44. The molecule has 0 saturated carbocycles. The summed E-state index contributed by atoms with van der Waals surface area (Å²) in [4.78, 5) is 38.3. The van der Waals surface area contributed by atoms with Gasteiger partial charge in [-0.25, -0.2) is 9.97 Å². The molecule has 7 nitrogen and oxygen atoms in total. The average Bonchev–Trinajstić information content (AvgIpc) is 3.13. The van der Waals surface area contributed by atoms with Crippen molar-refractivity contribution in [2.24, 2.45) is 0 Å². The topological polar surface area (TPSA) is 86.6 Å². The minimum Gasteiger partial charge on any atom is -0.393 e. The maximum atomic E-state index is 13.7. The van der Waals surface area contributed by atoms with Crippen LogP contribution in [0, 0.1) is 0 Å². The zero-order valence-corrected chi connectivity index (χ0v) is 17.4. The lowest BCUT2D eigenvalue weighted by Gasteiger charge is -2.35. The lowest BCUT2D eigenvalue weighted by molar-refractivity contribution is -0.134. The van der Waals surface area contributed by atoms with Crippen LogP contribution in [0.2, 0.25) is 5.15 Å². The van der Waals surface area contributed by atoms with Gasteiger partial charge in [0.25, 0.3) is 0 Å². The molecule has 1 N–H and O–H groups in total. The van der Waals surface area contributed by atoms with Gasteiger partial charge in [0.15, 0.2) is 5.65 Å². The van der Waals surface area contributed by atoms with Crippen LogP contribution in [0.5, 0.6) is 0 Å². The van der Waals surface area contributed by atoms with E-state index in [1.54, 1.807) is 21.9 Å². The molecule has 0 aliphatic carbocycles. The molecule has 8 heteroatoms. The zero-order chi connectivity index (χ0) is 21.5. The molecule has 2 aromatic heterocycles. The number of hydrogen-bond acceptors (Lipinski definition) is 6. The third-order valence-electron chi connectivity index (χ3n) is 6.09. The number of hydrogen-bond donors (Lipinski definition) is 1. The Morgan fingerprint density at radius 2 is 1.74 bits per heavy atom. The molecule has 4 heterocycles. The number of pyridine rings is 2. The molecule has 1 aromatic carbocycles. The van der Waals surface area contributed by atoms with Crippen molar-refractivity contribution in [2.45, 2.75) is 31.0 Å². The lowest BCUT2D eigenvalue weighted by Crippen LogP contribution is -2.46. The second kappa shape index (κ2) is 7.90. The normalized spacial score (nSPS) is 21.4. The number of nitrogens with zero attached hydrogens (tertiary/aromatic N) is 4. The lowest BCUT2D eigenvalue weighted by atomic mass is 10.0. The first-order valence-electron chi connectivity index (χ1n) is 10.3. The van der Waals surface area contributed by atoms with Crippen molar-refractivity contribution in [3.8, 4) is 0 Å². The van der Waals surface area contributed by atoms with Crippen LogP contribution in [0.1, 0.15) is 36.1 Å². The van der Waals surface area contributed by atoms with Gasteiger partial charge in [0.2, 0.25) is 5.91 Å². The number of halogens is 1. The molecule has 1 saturated heterocycles. The second-order valence-electron chi connectivity index (χ2n) is 7.93. The highest BCUT2D eigenvalue weighted by Gasteiger charge is 2.44. The van der Waals surface area contributed by atoms with Crippen molar-refractivity contribution in [1.29, 1.82) is 0 Å². The van der Waals surface area contributed by atoms with E-state index < -0.39 is 12.1 Å². The Morgan fingerprint density at radius 1 is 1.03 bits per heavy atom. The summed E-state index contributed by atoms with van der Waals surface area (Å²) in [6, 6.07) is 13.4. The van der Waals surface area contributed by atoms with Crippen molar-refractivity contribution < 1.29 is 14.7 Å². The van der Waals surface area contributed by atoms with Crippen LogP contribution in [-0.4, -0.2) is 51.4 Å². The summed E-state index contributed by atoms with van der Waals surface area (Å²) in [5.41, 5.74) is 2.06. The molecule has 1 fully saturated rings. The third kappa shape index (κ3) is 3.43. The SMILES string of the molecule is O=CC1c2ccccc2[C@@H](C(=O)N2CCC(O)CC2)N1c1ccc2ccc(Cl)nc2n1. The summed E-state index contributed by atoms with van der Waals surface area (Å²) in [5.74, 6) is 0.399. The Hall–Kier alpha value is -3.03. The molecule has 1 unspecified atom stereocenters. The van der Waals surface area contributed by atoms with Crippen LogP contribution in [0.15, 0.2) is 48.5 Å². The van der Waals surface area contributed by atoms with Crippen molar-refractivity contribution >= 4 is 40.6 Å². The third-order valence-corrected chi connectivity index (χ3v) is 6.30.